The van der Waals surface area contributed by atoms with E-state index >= 15 is 0 Å². The van der Waals surface area contributed by atoms with E-state index in [-0.39, 0.29) is 6.42 Å². The topological polar surface area (TPSA) is 81.8 Å². The van der Waals surface area contributed by atoms with Gasteiger partial charge in [-0.1, -0.05) is 0 Å². The predicted octanol–water partition coefficient (Wildman–Crippen LogP) is 1.73. The number of aryl methyl sites for hydroxylation is 2. The van der Waals surface area contributed by atoms with Crippen LogP contribution in [0.3, 0.4) is 0 Å². The summed E-state index contributed by atoms with van der Waals surface area (Å²) in [6.07, 6.45) is 4.26. The summed E-state index contributed by atoms with van der Waals surface area (Å²) in [5.74, 6) is -0.805. The summed E-state index contributed by atoms with van der Waals surface area (Å²) in [6, 6.07) is 1.95. The third-order valence-electron chi connectivity index (χ3n) is 2.48. The number of carbonyl (C=O) groups is 1. The van der Waals surface area contributed by atoms with Gasteiger partial charge in [-0.2, -0.15) is 5.10 Å². The van der Waals surface area contributed by atoms with Crippen LogP contribution in [-0.4, -0.2) is 26.3 Å². The van der Waals surface area contributed by atoms with Crippen molar-refractivity contribution in [3.63, 3.8) is 0 Å². The van der Waals surface area contributed by atoms with E-state index in [0.29, 0.717) is 6.42 Å². The van der Waals surface area contributed by atoms with Crippen molar-refractivity contribution >= 4 is 5.97 Å². The van der Waals surface area contributed by atoms with Crippen LogP contribution < -0.4 is 0 Å². The van der Waals surface area contributed by atoms with Gasteiger partial charge < -0.3 is 10.1 Å². The van der Waals surface area contributed by atoms with Gasteiger partial charge in [0.05, 0.1) is 12.1 Å². The Morgan fingerprint density at radius 3 is 3.00 bits per heavy atom. The minimum atomic E-state index is -0.805. The molecule has 16 heavy (non-hydrogen) atoms. The summed E-state index contributed by atoms with van der Waals surface area (Å²) in [6.45, 7) is 1.93. The zero-order chi connectivity index (χ0) is 11.5. The van der Waals surface area contributed by atoms with Crippen molar-refractivity contribution in [2.24, 2.45) is 0 Å². The summed E-state index contributed by atoms with van der Waals surface area (Å²) in [5, 5.41) is 15.7. The molecule has 2 heterocycles. The Morgan fingerprint density at radius 1 is 1.56 bits per heavy atom. The van der Waals surface area contributed by atoms with Crippen molar-refractivity contribution < 1.29 is 9.90 Å². The van der Waals surface area contributed by atoms with E-state index in [1.807, 2.05) is 25.4 Å². The minimum absolute atomic E-state index is 0.0989. The van der Waals surface area contributed by atoms with E-state index in [1.165, 1.54) is 0 Å². The van der Waals surface area contributed by atoms with E-state index in [2.05, 4.69) is 15.2 Å². The average molecular weight is 219 g/mol. The minimum Gasteiger partial charge on any atom is -0.481 e. The molecule has 0 amide bonds. The molecule has 0 unspecified atom stereocenters. The van der Waals surface area contributed by atoms with Crippen molar-refractivity contribution in [2.75, 3.05) is 0 Å². The summed E-state index contributed by atoms with van der Waals surface area (Å²) in [5.41, 5.74) is 3.80. The number of carboxylic acid groups (broad SMARTS) is 1. The highest BCUT2D eigenvalue weighted by atomic mass is 16.4. The molecule has 3 N–H and O–H groups in total. The number of nitrogens with one attached hydrogen (secondary N) is 2. The third-order valence-corrected chi connectivity index (χ3v) is 2.48. The lowest BCUT2D eigenvalue weighted by Gasteiger charge is -1.99. The van der Waals surface area contributed by atoms with Crippen LogP contribution in [0.25, 0.3) is 11.1 Å². The molecule has 0 aliphatic heterocycles. The summed E-state index contributed by atoms with van der Waals surface area (Å²) < 4.78 is 0. The van der Waals surface area contributed by atoms with E-state index in [0.717, 1.165) is 22.5 Å². The molecule has 0 spiro atoms. The Balaban J connectivity index is 2.29. The van der Waals surface area contributed by atoms with E-state index in [1.54, 1.807) is 0 Å². The standard InChI is InChI=1S/C11H13N3O2/c1-7-11(8-4-5-12-6-8)9(14-13-7)2-3-10(15)16/h4-6,12H,2-3H2,1H3,(H,13,14)(H,15,16). The normalized spacial score (nSPS) is 10.6. The highest BCUT2D eigenvalue weighted by Crippen LogP contribution is 2.25. The van der Waals surface area contributed by atoms with E-state index < -0.39 is 5.97 Å². The van der Waals surface area contributed by atoms with Gasteiger partial charge >= 0.3 is 5.97 Å². The van der Waals surface area contributed by atoms with Gasteiger partial charge in [0.15, 0.2) is 0 Å². The zero-order valence-electron chi connectivity index (χ0n) is 8.95. The van der Waals surface area contributed by atoms with Crippen LogP contribution in [0.4, 0.5) is 0 Å². The lowest BCUT2D eigenvalue weighted by molar-refractivity contribution is -0.136. The molecular formula is C11H13N3O2. The van der Waals surface area contributed by atoms with Crippen LogP contribution in [0.5, 0.6) is 0 Å². The molecular weight excluding hydrogens is 206 g/mol. The maximum Gasteiger partial charge on any atom is 0.303 e. The molecule has 0 bridgehead atoms. The van der Waals surface area contributed by atoms with Gasteiger partial charge in [-0.05, 0) is 13.0 Å². The van der Waals surface area contributed by atoms with Crippen LogP contribution in [0, 0.1) is 6.92 Å². The first-order valence-electron chi connectivity index (χ1n) is 5.07. The largest absolute Gasteiger partial charge is 0.481 e. The molecule has 0 saturated carbocycles. The van der Waals surface area contributed by atoms with Gasteiger partial charge in [0.2, 0.25) is 0 Å². The molecule has 0 radical (unpaired) electrons. The molecule has 5 nitrogen and oxygen atoms in total. The number of aromatic nitrogens is 3. The first-order chi connectivity index (χ1) is 7.68. The number of aromatic amines is 2. The molecule has 0 atom stereocenters. The monoisotopic (exact) mass is 219 g/mol. The lowest BCUT2D eigenvalue weighted by Crippen LogP contribution is -1.98. The van der Waals surface area contributed by atoms with Gasteiger partial charge in [-0.3, -0.25) is 9.89 Å². The highest BCUT2D eigenvalue weighted by molar-refractivity contribution is 5.70. The molecule has 0 aliphatic rings. The molecule has 0 saturated heterocycles. The van der Waals surface area contributed by atoms with Gasteiger partial charge in [-0.25, -0.2) is 0 Å². The number of nitrogens with zero attached hydrogens (tertiary/aromatic N) is 1. The average Bonchev–Trinajstić information content (AvgIpc) is 2.83. The van der Waals surface area contributed by atoms with Gasteiger partial charge in [0, 0.05) is 35.6 Å². The number of hydrogen-bond acceptors (Lipinski definition) is 2. The van der Waals surface area contributed by atoms with E-state index in [9.17, 15) is 4.79 Å². The third kappa shape index (κ3) is 1.98. The fourth-order valence-electron chi connectivity index (χ4n) is 1.75. The van der Waals surface area contributed by atoms with Gasteiger partial charge in [-0.15, -0.1) is 0 Å². The van der Waals surface area contributed by atoms with Crippen molar-refractivity contribution in [1.82, 2.24) is 15.2 Å². The lowest BCUT2D eigenvalue weighted by atomic mass is 10.0. The van der Waals surface area contributed by atoms with Crippen molar-refractivity contribution in [1.29, 1.82) is 0 Å². The van der Waals surface area contributed by atoms with Gasteiger partial charge in [0.25, 0.3) is 0 Å². The van der Waals surface area contributed by atoms with Crippen LogP contribution in [-0.2, 0) is 11.2 Å². The van der Waals surface area contributed by atoms with Crippen LogP contribution >= 0.6 is 0 Å². The van der Waals surface area contributed by atoms with Crippen molar-refractivity contribution in [3.05, 3.63) is 29.8 Å². The number of aliphatic carboxylic acids is 1. The molecule has 2 rings (SSSR count). The number of hydrogen-bond donors (Lipinski definition) is 3. The molecule has 2 aromatic heterocycles. The molecule has 0 aliphatic carbocycles. The van der Waals surface area contributed by atoms with Crippen LogP contribution in [0.2, 0.25) is 0 Å². The quantitative estimate of drug-likeness (QED) is 0.732. The Hall–Kier alpha value is -2.04. The Bertz CT molecular complexity index is 485. The molecule has 5 heteroatoms. The summed E-state index contributed by atoms with van der Waals surface area (Å²) in [4.78, 5) is 13.5. The molecule has 84 valence electrons. The smallest absolute Gasteiger partial charge is 0.303 e. The Morgan fingerprint density at radius 2 is 2.38 bits per heavy atom. The van der Waals surface area contributed by atoms with Crippen LogP contribution in [0.15, 0.2) is 18.5 Å². The first kappa shape index (κ1) is 10.5. The SMILES string of the molecule is Cc1[nH]nc(CCC(=O)O)c1-c1cc[nH]c1. The molecule has 0 aromatic carbocycles. The first-order valence-corrected chi connectivity index (χ1v) is 5.07. The van der Waals surface area contributed by atoms with Crippen molar-refractivity contribution in [2.45, 2.75) is 19.8 Å². The van der Waals surface area contributed by atoms with Crippen LogP contribution in [0.1, 0.15) is 17.8 Å². The summed E-state index contributed by atoms with van der Waals surface area (Å²) in [7, 11) is 0. The maximum absolute atomic E-state index is 10.5. The maximum atomic E-state index is 10.5. The zero-order valence-corrected chi connectivity index (χ0v) is 8.95. The van der Waals surface area contributed by atoms with Gasteiger partial charge in [0.1, 0.15) is 0 Å². The highest BCUT2D eigenvalue weighted by Gasteiger charge is 2.13. The second-order valence-electron chi connectivity index (χ2n) is 3.66. The molecule has 0 fully saturated rings. The van der Waals surface area contributed by atoms with Crippen molar-refractivity contribution in [3.8, 4) is 11.1 Å². The number of rotatable bonds is 4. The Labute approximate surface area is 92.5 Å². The molecule has 2 aromatic rings. The number of H-pyrrole nitrogens is 2. The Kier molecular flexibility index (Phi) is 2.76. The predicted molar refractivity (Wildman–Crippen MR) is 59.1 cm³/mol. The number of carboxylic acids is 1. The second kappa shape index (κ2) is 4.22. The summed E-state index contributed by atoms with van der Waals surface area (Å²) >= 11 is 0. The van der Waals surface area contributed by atoms with E-state index in [4.69, 9.17) is 5.11 Å². The fraction of sp³-hybridized carbons (Fsp3) is 0.273. The second-order valence-corrected chi connectivity index (χ2v) is 3.66. The fourth-order valence-corrected chi connectivity index (χ4v) is 1.75.